The summed E-state index contributed by atoms with van der Waals surface area (Å²) in [6, 6.07) is 5.55. The van der Waals surface area contributed by atoms with Crippen LogP contribution in [-0.4, -0.2) is 18.1 Å². The number of aryl methyl sites for hydroxylation is 1. The summed E-state index contributed by atoms with van der Waals surface area (Å²) in [6.07, 6.45) is 2.27. The topological polar surface area (TPSA) is 48.4 Å². The number of pyridine rings is 1. The Morgan fingerprint density at radius 3 is 3.00 bits per heavy atom. The molecule has 0 saturated carbocycles. The Morgan fingerprint density at radius 1 is 1.53 bits per heavy atom. The maximum absolute atomic E-state index is 11.0. The summed E-state index contributed by atoms with van der Waals surface area (Å²) < 4.78 is 10.1. The molecule has 0 amide bonds. The highest BCUT2D eigenvalue weighted by molar-refractivity contribution is 5.65. The SMILES string of the molecule is Cc1cccc(C(C=O)C2=COCO2)n1. The number of aldehydes is 1. The van der Waals surface area contributed by atoms with Gasteiger partial charge < -0.3 is 14.3 Å². The summed E-state index contributed by atoms with van der Waals surface area (Å²) in [7, 11) is 0. The summed E-state index contributed by atoms with van der Waals surface area (Å²) in [5, 5.41) is 0. The largest absolute Gasteiger partial charge is 0.462 e. The van der Waals surface area contributed by atoms with Crippen LogP contribution in [0, 0.1) is 6.92 Å². The Bertz CT molecular complexity index is 401. The van der Waals surface area contributed by atoms with E-state index in [1.54, 1.807) is 6.07 Å². The molecule has 0 saturated heterocycles. The highest BCUT2D eigenvalue weighted by atomic mass is 16.7. The van der Waals surface area contributed by atoms with Gasteiger partial charge in [0.1, 0.15) is 18.5 Å². The quantitative estimate of drug-likeness (QED) is 0.702. The molecule has 2 heterocycles. The van der Waals surface area contributed by atoms with Crippen LogP contribution in [0.25, 0.3) is 0 Å². The van der Waals surface area contributed by atoms with Crippen molar-refractivity contribution in [3.8, 4) is 0 Å². The molecule has 4 heteroatoms. The van der Waals surface area contributed by atoms with Crippen molar-refractivity contribution in [3.05, 3.63) is 41.6 Å². The molecule has 0 fully saturated rings. The summed E-state index contributed by atoms with van der Waals surface area (Å²) >= 11 is 0. The second-order valence-electron chi connectivity index (χ2n) is 3.27. The van der Waals surface area contributed by atoms with Gasteiger partial charge in [0.25, 0.3) is 0 Å². The number of nitrogens with zero attached hydrogens (tertiary/aromatic N) is 1. The van der Waals surface area contributed by atoms with Crippen LogP contribution in [0.3, 0.4) is 0 Å². The summed E-state index contributed by atoms with van der Waals surface area (Å²) in [5.74, 6) is 0.0514. The van der Waals surface area contributed by atoms with E-state index in [0.717, 1.165) is 12.0 Å². The Kier molecular flexibility index (Phi) is 2.67. The first-order valence-corrected chi connectivity index (χ1v) is 4.64. The Morgan fingerprint density at radius 2 is 2.40 bits per heavy atom. The van der Waals surface area contributed by atoms with Gasteiger partial charge in [-0.05, 0) is 19.1 Å². The number of aromatic nitrogens is 1. The lowest BCUT2D eigenvalue weighted by Crippen LogP contribution is -2.07. The third-order valence-corrected chi connectivity index (χ3v) is 2.16. The third-order valence-electron chi connectivity index (χ3n) is 2.16. The van der Waals surface area contributed by atoms with Crippen LogP contribution in [0.1, 0.15) is 17.3 Å². The monoisotopic (exact) mass is 205 g/mol. The maximum Gasteiger partial charge on any atom is 0.229 e. The first kappa shape index (κ1) is 9.71. The number of allylic oxidation sites excluding steroid dienone is 1. The minimum absolute atomic E-state index is 0.172. The molecule has 1 unspecified atom stereocenters. The van der Waals surface area contributed by atoms with E-state index in [0.29, 0.717) is 11.5 Å². The fraction of sp³-hybridized carbons (Fsp3) is 0.273. The molecule has 0 radical (unpaired) electrons. The van der Waals surface area contributed by atoms with Gasteiger partial charge >= 0.3 is 0 Å². The highest BCUT2D eigenvalue weighted by Crippen LogP contribution is 2.24. The molecule has 1 aliphatic heterocycles. The molecule has 0 spiro atoms. The van der Waals surface area contributed by atoms with Crippen molar-refractivity contribution in [1.29, 1.82) is 0 Å². The zero-order chi connectivity index (χ0) is 10.7. The molecule has 2 rings (SSSR count). The predicted octanol–water partition coefficient (Wildman–Crippen LogP) is 1.52. The van der Waals surface area contributed by atoms with E-state index in [2.05, 4.69) is 4.98 Å². The van der Waals surface area contributed by atoms with E-state index in [1.165, 1.54) is 6.26 Å². The number of hydrogen-bond donors (Lipinski definition) is 0. The van der Waals surface area contributed by atoms with Gasteiger partial charge in [-0.2, -0.15) is 0 Å². The van der Waals surface area contributed by atoms with Crippen molar-refractivity contribution in [2.24, 2.45) is 0 Å². The summed E-state index contributed by atoms with van der Waals surface area (Å²) in [6.45, 7) is 2.05. The lowest BCUT2D eigenvalue weighted by Gasteiger charge is -2.09. The molecule has 1 atom stereocenters. The zero-order valence-electron chi connectivity index (χ0n) is 8.34. The van der Waals surface area contributed by atoms with Gasteiger partial charge in [0.15, 0.2) is 5.76 Å². The molecule has 1 aliphatic rings. The Balaban J connectivity index is 2.30. The van der Waals surface area contributed by atoms with Crippen molar-refractivity contribution in [2.75, 3.05) is 6.79 Å². The molecule has 15 heavy (non-hydrogen) atoms. The van der Waals surface area contributed by atoms with E-state index in [1.807, 2.05) is 19.1 Å². The number of rotatable bonds is 3. The zero-order valence-corrected chi connectivity index (χ0v) is 8.34. The lowest BCUT2D eigenvalue weighted by atomic mass is 10.0. The first-order chi connectivity index (χ1) is 7.31. The number of hydrogen-bond acceptors (Lipinski definition) is 4. The van der Waals surface area contributed by atoms with Crippen LogP contribution in [0.2, 0.25) is 0 Å². The van der Waals surface area contributed by atoms with E-state index in [9.17, 15) is 4.79 Å². The first-order valence-electron chi connectivity index (χ1n) is 4.64. The van der Waals surface area contributed by atoms with Crippen molar-refractivity contribution in [3.63, 3.8) is 0 Å². The van der Waals surface area contributed by atoms with Crippen LogP contribution in [-0.2, 0) is 14.3 Å². The van der Waals surface area contributed by atoms with Gasteiger partial charge in [-0.3, -0.25) is 4.98 Å². The molecule has 0 aromatic carbocycles. The smallest absolute Gasteiger partial charge is 0.229 e. The second-order valence-corrected chi connectivity index (χ2v) is 3.27. The second kappa shape index (κ2) is 4.13. The minimum atomic E-state index is -0.465. The standard InChI is InChI=1S/C11H11NO3/c1-8-3-2-4-10(12-8)9(5-13)11-6-14-7-15-11/h2-6,9H,7H2,1H3. The van der Waals surface area contributed by atoms with Crippen molar-refractivity contribution in [2.45, 2.75) is 12.8 Å². The number of carbonyl (C=O) groups excluding carboxylic acids is 1. The van der Waals surface area contributed by atoms with Gasteiger partial charge in [-0.15, -0.1) is 0 Å². The molecule has 0 bridgehead atoms. The van der Waals surface area contributed by atoms with Crippen molar-refractivity contribution < 1.29 is 14.3 Å². The van der Waals surface area contributed by atoms with Gasteiger partial charge in [0, 0.05) is 5.69 Å². The van der Waals surface area contributed by atoms with Crippen molar-refractivity contribution >= 4 is 6.29 Å². The van der Waals surface area contributed by atoms with Crippen LogP contribution in [0.15, 0.2) is 30.2 Å². The molecule has 4 nitrogen and oxygen atoms in total. The fourth-order valence-electron chi connectivity index (χ4n) is 1.44. The lowest BCUT2D eigenvalue weighted by molar-refractivity contribution is -0.109. The van der Waals surface area contributed by atoms with Crippen LogP contribution < -0.4 is 0 Å². The van der Waals surface area contributed by atoms with Gasteiger partial charge in [-0.25, -0.2) is 0 Å². The van der Waals surface area contributed by atoms with Gasteiger partial charge in [0.2, 0.25) is 6.79 Å². The highest BCUT2D eigenvalue weighted by Gasteiger charge is 2.22. The molecule has 0 N–H and O–H groups in total. The van der Waals surface area contributed by atoms with E-state index < -0.39 is 5.92 Å². The molecular weight excluding hydrogens is 194 g/mol. The summed E-state index contributed by atoms with van der Waals surface area (Å²) in [4.78, 5) is 15.3. The normalized spacial score (nSPS) is 16.2. The summed E-state index contributed by atoms with van der Waals surface area (Å²) in [5.41, 5.74) is 1.56. The Labute approximate surface area is 87.5 Å². The minimum Gasteiger partial charge on any atom is -0.462 e. The number of ether oxygens (including phenoxy) is 2. The van der Waals surface area contributed by atoms with Crippen LogP contribution in [0.5, 0.6) is 0 Å². The van der Waals surface area contributed by atoms with E-state index in [4.69, 9.17) is 9.47 Å². The Hall–Kier alpha value is -1.84. The van der Waals surface area contributed by atoms with Crippen LogP contribution in [0.4, 0.5) is 0 Å². The molecule has 0 aliphatic carbocycles. The molecular formula is C11H11NO3. The van der Waals surface area contributed by atoms with E-state index >= 15 is 0 Å². The third kappa shape index (κ3) is 1.98. The van der Waals surface area contributed by atoms with Crippen LogP contribution >= 0.6 is 0 Å². The number of carbonyl (C=O) groups is 1. The molecule has 78 valence electrons. The van der Waals surface area contributed by atoms with Gasteiger partial charge in [0.05, 0.1) is 5.69 Å². The predicted molar refractivity (Wildman–Crippen MR) is 52.9 cm³/mol. The molecule has 1 aromatic rings. The average molecular weight is 205 g/mol. The fourth-order valence-corrected chi connectivity index (χ4v) is 1.44. The van der Waals surface area contributed by atoms with Gasteiger partial charge in [-0.1, -0.05) is 6.07 Å². The van der Waals surface area contributed by atoms with E-state index in [-0.39, 0.29) is 6.79 Å². The average Bonchev–Trinajstić information content (AvgIpc) is 2.72. The molecule has 1 aromatic heterocycles. The maximum atomic E-state index is 11.0. The van der Waals surface area contributed by atoms with Crippen molar-refractivity contribution in [1.82, 2.24) is 4.98 Å².